The van der Waals surface area contributed by atoms with Crippen LogP contribution in [0.25, 0.3) is 0 Å². The molecule has 1 heterocycles. The minimum atomic E-state index is -0.322. The fourth-order valence-corrected chi connectivity index (χ4v) is 2.14. The van der Waals surface area contributed by atoms with Gasteiger partial charge in [0.2, 0.25) is 5.91 Å². The molecule has 2 aliphatic rings. The van der Waals surface area contributed by atoms with Gasteiger partial charge in [0, 0.05) is 12.5 Å². The Bertz CT molecular complexity index is 273. The standard InChI is InChI=1S/C11H17NO3/c1-15-11(14)9-4-2-3-7-12(9)10(13)8-5-6-8/h8-9H,2-7H2,1H3. The molecule has 0 aromatic rings. The van der Waals surface area contributed by atoms with Crippen LogP contribution >= 0.6 is 0 Å². The predicted octanol–water partition coefficient (Wildman–Crippen LogP) is 0.950. The molecular formula is C11H17NO3. The van der Waals surface area contributed by atoms with E-state index in [2.05, 4.69) is 0 Å². The molecule has 1 atom stereocenters. The molecule has 1 amide bonds. The number of carbonyl (C=O) groups is 2. The first kappa shape index (κ1) is 10.5. The zero-order chi connectivity index (χ0) is 10.8. The van der Waals surface area contributed by atoms with E-state index in [-0.39, 0.29) is 23.8 Å². The molecule has 4 heteroatoms. The molecule has 84 valence electrons. The van der Waals surface area contributed by atoms with E-state index in [1.807, 2.05) is 0 Å². The van der Waals surface area contributed by atoms with Gasteiger partial charge in [-0.15, -0.1) is 0 Å². The third kappa shape index (κ3) is 2.13. The van der Waals surface area contributed by atoms with Crippen molar-refractivity contribution in [3.8, 4) is 0 Å². The van der Waals surface area contributed by atoms with Crippen LogP contribution in [0.4, 0.5) is 0 Å². The van der Waals surface area contributed by atoms with Gasteiger partial charge in [-0.2, -0.15) is 0 Å². The molecule has 1 saturated heterocycles. The molecular weight excluding hydrogens is 194 g/mol. The Labute approximate surface area is 89.6 Å². The monoisotopic (exact) mass is 211 g/mol. The highest BCUT2D eigenvalue weighted by molar-refractivity contribution is 5.87. The van der Waals surface area contributed by atoms with Crippen molar-refractivity contribution in [3.05, 3.63) is 0 Å². The summed E-state index contributed by atoms with van der Waals surface area (Å²) in [5, 5.41) is 0. The molecule has 0 N–H and O–H groups in total. The Balaban J connectivity index is 2.04. The fourth-order valence-electron chi connectivity index (χ4n) is 2.14. The number of amides is 1. The Hall–Kier alpha value is -1.06. The number of hydrogen-bond acceptors (Lipinski definition) is 3. The Kier molecular flexibility index (Phi) is 2.93. The van der Waals surface area contributed by atoms with E-state index in [1.54, 1.807) is 4.90 Å². The molecule has 2 fully saturated rings. The summed E-state index contributed by atoms with van der Waals surface area (Å²) in [6, 6.07) is -0.322. The molecule has 15 heavy (non-hydrogen) atoms. The molecule has 1 aliphatic carbocycles. The van der Waals surface area contributed by atoms with E-state index in [1.165, 1.54) is 7.11 Å². The van der Waals surface area contributed by atoms with E-state index in [4.69, 9.17) is 4.74 Å². The van der Waals surface area contributed by atoms with Crippen LogP contribution in [0.3, 0.4) is 0 Å². The zero-order valence-electron chi connectivity index (χ0n) is 9.07. The van der Waals surface area contributed by atoms with Crippen molar-refractivity contribution >= 4 is 11.9 Å². The van der Waals surface area contributed by atoms with Crippen molar-refractivity contribution in [2.45, 2.75) is 38.1 Å². The third-order valence-electron chi connectivity index (χ3n) is 3.19. The Morgan fingerprint density at radius 3 is 2.53 bits per heavy atom. The van der Waals surface area contributed by atoms with Gasteiger partial charge in [0.1, 0.15) is 6.04 Å². The lowest BCUT2D eigenvalue weighted by Crippen LogP contribution is -2.49. The molecule has 4 nitrogen and oxygen atoms in total. The number of rotatable bonds is 2. The topological polar surface area (TPSA) is 46.6 Å². The van der Waals surface area contributed by atoms with Crippen LogP contribution in [0.2, 0.25) is 0 Å². The predicted molar refractivity (Wildman–Crippen MR) is 54.1 cm³/mol. The van der Waals surface area contributed by atoms with Gasteiger partial charge in [0.15, 0.2) is 0 Å². The van der Waals surface area contributed by atoms with Gasteiger partial charge >= 0.3 is 5.97 Å². The normalized spacial score (nSPS) is 26.2. The van der Waals surface area contributed by atoms with Gasteiger partial charge in [-0.05, 0) is 32.1 Å². The molecule has 0 spiro atoms. The van der Waals surface area contributed by atoms with Crippen molar-refractivity contribution in [1.29, 1.82) is 0 Å². The fraction of sp³-hybridized carbons (Fsp3) is 0.818. The summed E-state index contributed by atoms with van der Waals surface area (Å²) in [7, 11) is 1.39. The second kappa shape index (κ2) is 4.21. The van der Waals surface area contributed by atoms with Gasteiger partial charge < -0.3 is 9.64 Å². The van der Waals surface area contributed by atoms with Crippen LogP contribution in [-0.4, -0.2) is 36.5 Å². The van der Waals surface area contributed by atoms with Crippen LogP contribution < -0.4 is 0 Å². The lowest BCUT2D eigenvalue weighted by molar-refractivity contribution is -0.155. The van der Waals surface area contributed by atoms with Crippen LogP contribution in [0, 0.1) is 5.92 Å². The number of esters is 1. The summed E-state index contributed by atoms with van der Waals surface area (Å²) < 4.78 is 4.74. The minimum Gasteiger partial charge on any atom is -0.467 e. The minimum absolute atomic E-state index is 0.158. The second-order valence-corrected chi connectivity index (χ2v) is 4.34. The largest absolute Gasteiger partial charge is 0.467 e. The first-order chi connectivity index (χ1) is 7.24. The van der Waals surface area contributed by atoms with Gasteiger partial charge in [-0.25, -0.2) is 4.79 Å². The summed E-state index contributed by atoms with van der Waals surface area (Å²) in [4.78, 5) is 25.1. The molecule has 1 aliphatic heterocycles. The molecule has 0 aromatic carbocycles. The van der Waals surface area contributed by atoms with Crippen molar-refractivity contribution in [2.75, 3.05) is 13.7 Å². The van der Waals surface area contributed by atoms with E-state index in [9.17, 15) is 9.59 Å². The Morgan fingerprint density at radius 2 is 1.93 bits per heavy atom. The maximum absolute atomic E-state index is 11.9. The van der Waals surface area contributed by atoms with Crippen molar-refractivity contribution in [3.63, 3.8) is 0 Å². The molecule has 0 aromatic heterocycles. The first-order valence-corrected chi connectivity index (χ1v) is 5.62. The van der Waals surface area contributed by atoms with Crippen molar-refractivity contribution in [1.82, 2.24) is 4.90 Å². The highest BCUT2D eigenvalue weighted by atomic mass is 16.5. The summed E-state index contributed by atoms with van der Waals surface area (Å²) in [6.07, 6.45) is 4.75. The quantitative estimate of drug-likeness (QED) is 0.639. The number of piperidine rings is 1. The van der Waals surface area contributed by atoms with Crippen LogP contribution in [0.15, 0.2) is 0 Å². The van der Waals surface area contributed by atoms with Gasteiger partial charge in [-0.1, -0.05) is 0 Å². The number of likely N-dealkylation sites (tertiary alicyclic amines) is 1. The first-order valence-electron chi connectivity index (χ1n) is 5.62. The maximum Gasteiger partial charge on any atom is 0.328 e. The van der Waals surface area contributed by atoms with E-state index >= 15 is 0 Å². The molecule has 2 rings (SSSR count). The average Bonchev–Trinajstić information content (AvgIpc) is 3.11. The van der Waals surface area contributed by atoms with E-state index in [0.29, 0.717) is 0 Å². The van der Waals surface area contributed by atoms with E-state index < -0.39 is 0 Å². The number of carbonyl (C=O) groups excluding carboxylic acids is 2. The number of nitrogens with zero attached hydrogens (tertiary/aromatic N) is 1. The van der Waals surface area contributed by atoms with Crippen LogP contribution in [0.1, 0.15) is 32.1 Å². The molecule has 1 saturated carbocycles. The third-order valence-corrected chi connectivity index (χ3v) is 3.19. The van der Waals surface area contributed by atoms with Gasteiger partial charge in [0.05, 0.1) is 7.11 Å². The van der Waals surface area contributed by atoms with Gasteiger partial charge in [0.25, 0.3) is 0 Å². The van der Waals surface area contributed by atoms with Crippen molar-refractivity contribution in [2.24, 2.45) is 5.92 Å². The van der Waals surface area contributed by atoms with Gasteiger partial charge in [-0.3, -0.25) is 4.79 Å². The SMILES string of the molecule is COC(=O)C1CCCCN1C(=O)C1CC1. The van der Waals surface area contributed by atoms with E-state index in [0.717, 1.165) is 38.6 Å². The van der Waals surface area contributed by atoms with Crippen LogP contribution in [-0.2, 0) is 14.3 Å². The summed E-state index contributed by atoms with van der Waals surface area (Å²) >= 11 is 0. The number of methoxy groups -OCH3 is 1. The summed E-state index contributed by atoms with van der Waals surface area (Å²) in [5.41, 5.74) is 0. The lowest BCUT2D eigenvalue weighted by Gasteiger charge is -2.33. The molecule has 1 unspecified atom stereocenters. The molecule has 0 bridgehead atoms. The average molecular weight is 211 g/mol. The summed E-state index contributed by atoms with van der Waals surface area (Å²) in [5.74, 6) is 0.0871. The number of hydrogen-bond donors (Lipinski definition) is 0. The second-order valence-electron chi connectivity index (χ2n) is 4.34. The maximum atomic E-state index is 11.9. The molecule has 0 radical (unpaired) electrons. The number of ether oxygens (including phenoxy) is 1. The lowest BCUT2D eigenvalue weighted by atomic mass is 10.0. The van der Waals surface area contributed by atoms with Crippen molar-refractivity contribution < 1.29 is 14.3 Å². The zero-order valence-corrected chi connectivity index (χ0v) is 9.07. The highest BCUT2D eigenvalue weighted by Crippen LogP contribution is 2.33. The Morgan fingerprint density at radius 1 is 1.20 bits per heavy atom. The summed E-state index contributed by atoms with van der Waals surface area (Å²) in [6.45, 7) is 0.717. The van der Waals surface area contributed by atoms with Crippen LogP contribution in [0.5, 0.6) is 0 Å². The highest BCUT2D eigenvalue weighted by Gasteiger charge is 2.39. The smallest absolute Gasteiger partial charge is 0.328 e.